The maximum Gasteiger partial charge on any atom is 0.323 e. The van der Waals surface area contributed by atoms with Gasteiger partial charge >= 0.3 is 5.69 Å². The first-order chi connectivity index (χ1) is 17.5. The molecule has 4 aromatic carbocycles. The topological polar surface area (TPSA) is 55.1 Å². The Kier molecular flexibility index (Phi) is 7.01. The monoisotopic (exact) mass is 476 g/mol. The van der Waals surface area contributed by atoms with E-state index in [0.29, 0.717) is 0 Å². The number of hydrogen-bond donors (Lipinski definition) is 2. The fourth-order valence-corrected chi connectivity index (χ4v) is 4.67. The Bertz CT molecular complexity index is 1500. The van der Waals surface area contributed by atoms with E-state index in [0.717, 1.165) is 48.2 Å². The zero-order valence-corrected chi connectivity index (χ0v) is 20.9. The van der Waals surface area contributed by atoms with Crippen LogP contribution >= 0.6 is 0 Å². The number of imidazole rings is 1. The molecule has 0 unspecified atom stereocenters. The normalized spacial score (nSPS) is 11.3. The minimum absolute atomic E-state index is 0.179. The standard InChI is InChI=1S/C31H32N4O/c1-34(2)17-18-35(30-14-7-6-12-27(30)19-23-9-4-3-5-10-23)22-24-11-8-13-25(20-24)26-15-16-28-29(21-26)33-31(36)32-28/h3-16,20-21H,17-19,22H2,1-2H3,(H2,32,33,36). The van der Waals surface area contributed by atoms with Gasteiger partial charge in [0.25, 0.3) is 0 Å². The van der Waals surface area contributed by atoms with Gasteiger partial charge in [-0.25, -0.2) is 4.79 Å². The van der Waals surface area contributed by atoms with Crippen molar-refractivity contribution in [2.24, 2.45) is 0 Å². The lowest BCUT2D eigenvalue weighted by Gasteiger charge is -2.29. The van der Waals surface area contributed by atoms with Gasteiger partial charge in [0, 0.05) is 25.3 Å². The van der Waals surface area contributed by atoms with Crippen LogP contribution in [-0.2, 0) is 13.0 Å². The largest absolute Gasteiger partial charge is 0.366 e. The summed E-state index contributed by atoms with van der Waals surface area (Å²) < 4.78 is 0. The van der Waals surface area contributed by atoms with Crippen molar-refractivity contribution < 1.29 is 0 Å². The quantitative estimate of drug-likeness (QED) is 0.288. The zero-order valence-electron chi connectivity index (χ0n) is 20.9. The predicted octanol–water partition coefficient (Wildman–Crippen LogP) is 5.68. The third kappa shape index (κ3) is 5.58. The van der Waals surface area contributed by atoms with Crippen LogP contribution in [0.4, 0.5) is 5.69 Å². The molecule has 5 heteroatoms. The Morgan fingerprint density at radius 2 is 1.39 bits per heavy atom. The molecule has 1 heterocycles. The van der Waals surface area contributed by atoms with Gasteiger partial charge in [0.1, 0.15) is 0 Å². The van der Waals surface area contributed by atoms with Crippen molar-refractivity contribution in [3.8, 4) is 11.1 Å². The Hall–Kier alpha value is -4.09. The van der Waals surface area contributed by atoms with E-state index >= 15 is 0 Å². The van der Waals surface area contributed by atoms with Gasteiger partial charge in [-0.3, -0.25) is 0 Å². The molecule has 5 aromatic rings. The lowest BCUT2D eigenvalue weighted by Crippen LogP contribution is -2.32. The minimum atomic E-state index is -0.179. The second kappa shape index (κ2) is 10.7. The van der Waals surface area contributed by atoms with Crippen LogP contribution in [0.15, 0.2) is 102 Å². The summed E-state index contributed by atoms with van der Waals surface area (Å²) in [6.07, 6.45) is 0.907. The van der Waals surface area contributed by atoms with Crippen molar-refractivity contribution in [3.05, 3.63) is 124 Å². The number of H-pyrrole nitrogens is 2. The highest BCUT2D eigenvalue weighted by Gasteiger charge is 2.13. The number of aromatic amines is 2. The van der Waals surface area contributed by atoms with E-state index in [1.54, 1.807) is 0 Å². The second-order valence-corrected chi connectivity index (χ2v) is 9.56. The van der Waals surface area contributed by atoms with Crippen molar-refractivity contribution in [1.29, 1.82) is 0 Å². The third-order valence-corrected chi connectivity index (χ3v) is 6.54. The molecule has 5 nitrogen and oxygen atoms in total. The van der Waals surface area contributed by atoms with Crippen molar-refractivity contribution in [2.45, 2.75) is 13.0 Å². The molecule has 0 bridgehead atoms. The molecular weight excluding hydrogens is 444 g/mol. The van der Waals surface area contributed by atoms with E-state index in [-0.39, 0.29) is 5.69 Å². The number of nitrogens with one attached hydrogen (secondary N) is 2. The molecule has 5 rings (SSSR count). The van der Waals surface area contributed by atoms with Crippen molar-refractivity contribution in [1.82, 2.24) is 14.9 Å². The van der Waals surface area contributed by atoms with Gasteiger partial charge in [0.15, 0.2) is 0 Å². The van der Waals surface area contributed by atoms with E-state index in [1.165, 1.54) is 22.4 Å². The number of para-hydroxylation sites is 1. The number of anilines is 1. The molecule has 1 aromatic heterocycles. The van der Waals surface area contributed by atoms with Crippen molar-refractivity contribution >= 4 is 16.7 Å². The Balaban J connectivity index is 1.45. The van der Waals surface area contributed by atoms with Gasteiger partial charge in [-0.15, -0.1) is 0 Å². The van der Waals surface area contributed by atoms with Crippen LogP contribution < -0.4 is 10.6 Å². The molecule has 0 aliphatic rings. The summed E-state index contributed by atoms with van der Waals surface area (Å²) in [5.41, 5.74) is 8.88. The van der Waals surface area contributed by atoms with E-state index < -0.39 is 0 Å². The van der Waals surface area contributed by atoms with Crippen LogP contribution in [-0.4, -0.2) is 42.1 Å². The summed E-state index contributed by atoms with van der Waals surface area (Å²) >= 11 is 0. The highest BCUT2D eigenvalue weighted by atomic mass is 16.1. The summed E-state index contributed by atoms with van der Waals surface area (Å²) in [5.74, 6) is 0. The number of rotatable bonds is 9. The molecule has 2 N–H and O–H groups in total. The van der Waals surface area contributed by atoms with Gasteiger partial charge < -0.3 is 19.8 Å². The number of likely N-dealkylation sites (N-methyl/N-ethyl adjacent to an activating group) is 1. The molecule has 0 atom stereocenters. The predicted molar refractivity (Wildman–Crippen MR) is 150 cm³/mol. The Morgan fingerprint density at radius 1 is 0.667 bits per heavy atom. The molecular formula is C31H32N4O. The van der Waals surface area contributed by atoms with E-state index in [1.807, 2.05) is 12.1 Å². The molecule has 0 radical (unpaired) electrons. The van der Waals surface area contributed by atoms with Crippen LogP contribution in [0.1, 0.15) is 16.7 Å². The van der Waals surface area contributed by atoms with Crippen molar-refractivity contribution in [2.75, 3.05) is 32.1 Å². The van der Waals surface area contributed by atoms with Crippen LogP contribution in [0.3, 0.4) is 0 Å². The summed E-state index contributed by atoms with van der Waals surface area (Å²) in [7, 11) is 4.24. The highest BCUT2D eigenvalue weighted by Crippen LogP contribution is 2.27. The SMILES string of the molecule is CN(C)CCN(Cc1cccc(-c2ccc3[nH]c(=O)[nH]c3c2)c1)c1ccccc1Cc1ccccc1. The molecule has 0 aliphatic carbocycles. The lowest BCUT2D eigenvalue weighted by atomic mass is 10.0. The summed E-state index contributed by atoms with van der Waals surface area (Å²) in [5, 5.41) is 0. The number of nitrogens with zero attached hydrogens (tertiary/aromatic N) is 2. The van der Waals surface area contributed by atoms with E-state index in [2.05, 4.69) is 119 Å². The fourth-order valence-electron chi connectivity index (χ4n) is 4.67. The average Bonchev–Trinajstić information content (AvgIpc) is 3.27. The van der Waals surface area contributed by atoms with Gasteiger partial charge in [-0.2, -0.15) is 0 Å². The second-order valence-electron chi connectivity index (χ2n) is 9.56. The Labute approximate surface area is 212 Å². The molecule has 182 valence electrons. The average molecular weight is 477 g/mol. The highest BCUT2D eigenvalue weighted by molar-refractivity contribution is 5.81. The third-order valence-electron chi connectivity index (χ3n) is 6.54. The first-order valence-corrected chi connectivity index (χ1v) is 12.4. The lowest BCUT2D eigenvalue weighted by molar-refractivity contribution is 0.412. The smallest absolute Gasteiger partial charge is 0.323 e. The van der Waals surface area contributed by atoms with Gasteiger partial charge in [-0.05, 0) is 72.6 Å². The maximum absolute atomic E-state index is 11.7. The fraction of sp³-hybridized carbons (Fsp3) is 0.194. The summed E-state index contributed by atoms with van der Waals surface area (Å²) in [6, 6.07) is 34.2. The number of aromatic nitrogens is 2. The number of benzene rings is 4. The Morgan fingerprint density at radius 3 is 2.22 bits per heavy atom. The van der Waals surface area contributed by atoms with Crippen molar-refractivity contribution in [3.63, 3.8) is 0 Å². The van der Waals surface area contributed by atoms with Crippen LogP contribution in [0, 0.1) is 0 Å². The van der Waals surface area contributed by atoms with E-state index in [9.17, 15) is 4.79 Å². The summed E-state index contributed by atoms with van der Waals surface area (Å²) in [4.78, 5) is 22.1. The van der Waals surface area contributed by atoms with E-state index in [4.69, 9.17) is 0 Å². The number of hydrogen-bond acceptors (Lipinski definition) is 3. The zero-order chi connectivity index (χ0) is 24.9. The molecule has 36 heavy (non-hydrogen) atoms. The van der Waals surface area contributed by atoms with Crippen LogP contribution in [0.2, 0.25) is 0 Å². The van der Waals surface area contributed by atoms with Gasteiger partial charge in [0.2, 0.25) is 0 Å². The van der Waals surface area contributed by atoms with Crippen LogP contribution in [0.5, 0.6) is 0 Å². The van der Waals surface area contributed by atoms with Gasteiger partial charge in [-0.1, -0.05) is 72.8 Å². The molecule has 0 saturated carbocycles. The molecule has 0 spiro atoms. The minimum Gasteiger partial charge on any atom is -0.366 e. The molecule has 0 fully saturated rings. The first-order valence-electron chi connectivity index (χ1n) is 12.4. The molecule has 0 saturated heterocycles. The van der Waals surface area contributed by atoms with Crippen LogP contribution in [0.25, 0.3) is 22.2 Å². The summed E-state index contributed by atoms with van der Waals surface area (Å²) in [6.45, 7) is 2.72. The molecule has 0 amide bonds. The molecule has 0 aliphatic heterocycles. The first kappa shape index (κ1) is 23.6. The number of fused-ring (bicyclic) bond motifs is 1. The maximum atomic E-state index is 11.7. The van der Waals surface area contributed by atoms with Gasteiger partial charge in [0.05, 0.1) is 11.0 Å².